The molecule has 1 amide bonds. The van der Waals surface area contributed by atoms with Gasteiger partial charge in [-0.15, -0.1) is 0 Å². The van der Waals surface area contributed by atoms with Gasteiger partial charge in [-0.2, -0.15) is 0 Å². The summed E-state index contributed by atoms with van der Waals surface area (Å²) in [6.07, 6.45) is 2.65. The second-order valence-electron chi connectivity index (χ2n) is 6.37. The van der Waals surface area contributed by atoms with Crippen molar-refractivity contribution in [3.05, 3.63) is 47.0 Å². The minimum absolute atomic E-state index is 0.236. The summed E-state index contributed by atoms with van der Waals surface area (Å²) >= 11 is 0. The first-order chi connectivity index (χ1) is 13.2. The first-order valence-electron chi connectivity index (χ1n) is 8.84. The van der Waals surface area contributed by atoms with E-state index in [-0.39, 0.29) is 6.04 Å². The lowest BCUT2D eigenvalue weighted by Gasteiger charge is -2.29. The number of ether oxygens (including phenoxy) is 4. The summed E-state index contributed by atoms with van der Waals surface area (Å²) in [5.74, 6) is 2.63. The van der Waals surface area contributed by atoms with E-state index in [1.165, 1.54) is 0 Å². The summed E-state index contributed by atoms with van der Waals surface area (Å²) in [5.41, 5.74) is 3.14. The number of hydrogen-bond donors (Lipinski definition) is 0. The summed E-state index contributed by atoms with van der Waals surface area (Å²) in [7, 11) is 6.45. The van der Waals surface area contributed by atoms with Gasteiger partial charge in [0.2, 0.25) is 6.41 Å². The number of fused-ring (bicyclic) bond motifs is 1. The first kappa shape index (κ1) is 18.9. The van der Waals surface area contributed by atoms with Crippen LogP contribution >= 0.6 is 0 Å². The highest BCUT2D eigenvalue weighted by Gasteiger charge is 2.28. The van der Waals surface area contributed by atoms with Crippen molar-refractivity contribution < 1.29 is 23.7 Å². The van der Waals surface area contributed by atoms with Gasteiger partial charge in [-0.3, -0.25) is 4.79 Å². The number of hydrogen-bond acceptors (Lipinski definition) is 5. The van der Waals surface area contributed by atoms with E-state index in [4.69, 9.17) is 18.9 Å². The summed E-state index contributed by atoms with van der Waals surface area (Å²) in [6, 6.07) is 9.50. The molecule has 2 aromatic rings. The molecule has 0 aliphatic carbocycles. The van der Waals surface area contributed by atoms with E-state index < -0.39 is 0 Å². The van der Waals surface area contributed by atoms with Crippen LogP contribution in [0.25, 0.3) is 0 Å². The summed E-state index contributed by atoms with van der Waals surface area (Å²) < 4.78 is 21.8. The monoisotopic (exact) mass is 371 g/mol. The summed E-state index contributed by atoms with van der Waals surface area (Å²) in [6.45, 7) is 0.668. The molecule has 1 aliphatic heterocycles. The molecule has 1 aliphatic rings. The van der Waals surface area contributed by atoms with Crippen LogP contribution in [0.5, 0.6) is 23.0 Å². The smallest absolute Gasteiger partial charge is 0.210 e. The zero-order chi connectivity index (χ0) is 19.4. The van der Waals surface area contributed by atoms with E-state index in [0.717, 1.165) is 35.9 Å². The van der Waals surface area contributed by atoms with Gasteiger partial charge in [-0.05, 0) is 53.8 Å². The Hall–Kier alpha value is -2.89. The van der Waals surface area contributed by atoms with Crippen LogP contribution in [0, 0.1) is 0 Å². The van der Waals surface area contributed by atoms with Gasteiger partial charge < -0.3 is 23.8 Å². The van der Waals surface area contributed by atoms with Crippen molar-refractivity contribution in [3.8, 4) is 23.0 Å². The fraction of sp³-hybridized carbons (Fsp3) is 0.381. The minimum Gasteiger partial charge on any atom is -0.493 e. The van der Waals surface area contributed by atoms with E-state index >= 15 is 0 Å². The third-order valence-corrected chi connectivity index (χ3v) is 4.99. The van der Waals surface area contributed by atoms with E-state index in [9.17, 15) is 4.79 Å². The second-order valence-corrected chi connectivity index (χ2v) is 6.37. The fourth-order valence-electron chi connectivity index (χ4n) is 3.68. The largest absolute Gasteiger partial charge is 0.493 e. The Morgan fingerprint density at radius 3 is 2.15 bits per heavy atom. The highest BCUT2D eigenvalue weighted by molar-refractivity contribution is 5.57. The third-order valence-electron chi connectivity index (χ3n) is 4.99. The molecular weight excluding hydrogens is 346 g/mol. The number of benzene rings is 2. The molecule has 0 bridgehead atoms. The van der Waals surface area contributed by atoms with Crippen LogP contribution in [0.15, 0.2) is 30.3 Å². The lowest BCUT2D eigenvalue weighted by Crippen LogP contribution is -2.28. The molecule has 6 nitrogen and oxygen atoms in total. The van der Waals surface area contributed by atoms with E-state index in [1.807, 2.05) is 35.2 Å². The van der Waals surface area contributed by atoms with Gasteiger partial charge in [-0.25, -0.2) is 0 Å². The molecule has 0 saturated heterocycles. The van der Waals surface area contributed by atoms with Crippen LogP contribution in [-0.4, -0.2) is 46.3 Å². The molecule has 27 heavy (non-hydrogen) atoms. The molecule has 0 fully saturated rings. The second kappa shape index (κ2) is 8.20. The zero-order valence-corrected chi connectivity index (χ0v) is 16.2. The highest BCUT2D eigenvalue weighted by atomic mass is 16.5. The molecule has 0 N–H and O–H groups in total. The standard InChI is InChI=1S/C21H25NO5/c1-24-17-8-7-15(11-18(17)25-2)21-16-12-20(27-4)19(26-3)10-14(16)6-5-9-22(21)13-23/h7-8,10-13,21H,5-6,9H2,1-4H3. The van der Waals surface area contributed by atoms with Crippen molar-refractivity contribution in [2.45, 2.75) is 18.9 Å². The van der Waals surface area contributed by atoms with Crippen LogP contribution in [0.3, 0.4) is 0 Å². The Labute approximate surface area is 159 Å². The molecule has 1 atom stereocenters. The van der Waals surface area contributed by atoms with Crippen LogP contribution in [0.1, 0.15) is 29.2 Å². The topological polar surface area (TPSA) is 57.2 Å². The number of carbonyl (C=O) groups is 1. The summed E-state index contributed by atoms with van der Waals surface area (Å²) in [4.78, 5) is 13.7. The Bertz CT molecular complexity index is 820. The van der Waals surface area contributed by atoms with E-state index in [1.54, 1.807) is 28.4 Å². The Kier molecular flexibility index (Phi) is 5.74. The van der Waals surface area contributed by atoms with Crippen molar-refractivity contribution >= 4 is 6.41 Å². The lowest BCUT2D eigenvalue weighted by molar-refractivity contribution is -0.119. The van der Waals surface area contributed by atoms with Crippen molar-refractivity contribution in [3.63, 3.8) is 0 Å². The average Bonchev–Trinajstić information content (AvgIpc) is 2.90. The van der Waals surface area contributed by atoms with Gasteiger partial charge >= 0.3 is 0 Å². The van der Waals surface area contributed by atoms with E-state index in [2.05, 4.69) is 0 Å². The number of methoxy groups -OCH3 is 4. The van der Waals surface area contributed by atoms with Crippen molar-refractivity contribution in [2.75, 3.05) is 35.0 Å². The number of aryl methyl sites for hydroxylation is 1. The molecule has 3 rings (SSSR count). The number of amides is 1. The van der Waals surface area contributed by atoms with Gasteiger partial charge in [-0.1, -0.05) is 6.07 Å². The van der Waals surface area contributed by atoms with Gasteiger partial charge in [0.15, 0.2) is 23.0 Å². The van der Waals surface area contributed by atoms with Gasteiger partial charge in [0.05, 0.1) is 34.5 Å². The SMILES string of the molecule is COc1ccc(C2c3cc(OC)c(OC)cc3CCCN2C=O)cc1OC. The molecule has 6 heteroatoms. The number of nitrogens with zero attached hydrogens (tertiary/aromatic N) is 1. The van der Waals surface area contributed by atoms with Gasteiger partial charge in [0, 0.05) is 6.54 Å². The van der Waals surface area contributed by atoms with Crippen molar-refractivity contribution in [1.82, 2.24) is 4.90 Å². The fourth-order valence-corrected chi connectivity index (χ4v) is 3.68. The Balaban J connectivity index is 2.19. The van der Waals surface area contributed by atoms with Crippen molar-refractivity contribution in [1.29, 1.82) is 0 Å². The van der Waals surface area contributed by atoms with Gasteiger partial charge in [0.1, 0.15) is 0 Å². The van der Waals surface area contributed by atoms with Crippen LogP contribution in [-0.2, 0) is 11.2 Å². The molecule has 0 saturated carbocycles. The third kappa shape index (κ3) is 3.52. The maximum absolute atomic E-state index is 11.9. The maximum atomic E-state index is 11.9. The number of carbonyl (C=O) groups excluding carboxylic acids is 1. The predicted octanol–water partition coefficient (Wildman–Crippen LogP) is 3.22. The zero-order valence-electron chi connectivity index (χ0n) is 16.2. The molecule has 144 valence electrons. The maximum Gasteiger partial charge on any atom is 0.210 e. The summed E-state index contributed by atoms with van der Waals surface area (Å²) in [5, 5.41) is 0. The predicted molar refractivity (Wildman–Crippen MR) is 102 cm³/mol. The van der Waals surface area contributed by atoms with Crippen LogP contribution in [0.4, 0.5) is 0 Å². The molecule has 0 radical (unpaired) electrons. The lowest BCUT2D eigenvalue weighted by atomic mass is 9.92. The van der Waals surface area contributed by atoms with Crippen LogP contribution < -0.4 is 18.9 Å². The highest BCUT2D eigenvalue weighted by Crippen LogP contribution is 2.41. The Morgan fingerprint density at radius 1 is 0.889 bits per heavy atom. The van der Waals surface area contributed by atoms with E-state index in [0.29, 0.717) is 29.5 Å². The molecular formula is C21H25NO5. The Morgan fingerprint density at radius 2 is 1.52 bits per heavy atom. The minimum atomic E-state index is -0.236. The molecule has 0 spiro atoms. The quantitative estimate of drug-likeness (QED) is 0.730. The van der Waals surface area contributed by atoms with Gasteiger partial charge in [0.25, 0.3) is 0 Å². The normalized spacial score (nSPS) is 16.1. The first-order valence-corrected chi connectivity index (χ1v) is 8.84. The number of rotatable bonds is 6. The average molecular weight is 371 g/mol. The van der Waals surface area contributed by atoms with Crippen LogP contribution in [0.2, 0.25) is 0 Å². The van der Waals surface area contributed by atoms with Crippen molar-refractivity contribution in [2.24, 2.45) is 0 Å². The molecule has 2 aromatic carbocycles. The molecule has 1 heterocycles. The molecule has 0 aromatic heterocycles. The molecule has 1 unspecified atom stereocenters.